The van der Waals surface area contributed by atoms with Crippen LogP contribution in [0.1, 0.15) is 37.3 Å². The van der Waals surface area contributed by atoms with Crippen molar-refractivity contribution in [3.63, 3.8) is 0 Å². The predicted octanol–water partition coefficient (Wildman–Crippen LogP) is 4.12. The second kappa shape index (κ2) is 6.48. The molecular formula is C21H21NO4. The molecular weight excluding hydrogens is 330 g/mol. The van der Waals surface area contributed by atoms with Gasteiger partial charge in [0.25, 0.3) is 0 Å². The van der Waals surface area contributed by atoms with Crippen LogP contribution in [0, 0.1) is 5.92 Å². The molecule has 1 aliphatic heterocycles. The van der Waals surface area contributed by atoms with Crippen LogP contribution in [0.2, 0.25) is 0 Å². The lowest BCUT2D eigenvalue weighted by atomic mass is 9.98. The zero-order chi connectivity index (χ0) is 18.3. The molecule has 2 aromatic rings. The van der Waals surface area contributed by atoms with Gasteiger partial charge in [0.15, 0.2) is 0 Å². The number of amides is 1. The molecule has 1 fully saturated rings. The number of carbonyl (C=O) groups is 2. The number of hydrogen-bond acceptors (Lipinski definition) is 4. The molecule has 1 heterocycles. The molecule has 2 aliphatic rings. The van der Waals surface area contributed by atoms with Crippen LogP contribution in [0.5, 0.6) is 0 Å². The van der Waals surface area contributed by atoms with Crippen LogP contribution >= 0.6 is 0 Å². The number of hydrogen-bond donors (Lipinski definition) is 0. The van der Waals surface area contributed by atoms with Gasteiger partial charge in [-0.1, -0.05) is 62.4 Å². The van der Waals surface area contributed by atoms with E-state index in [0.717, 1.165) is 16.2 Å². The first-order valence-corrected chi connectivity index (χ1v) is 8.91. The minimum atomic E-state index is -0.601. The normalized spacial score (nSPS) is 18.7. The number of nitrogens with zero attached hydrogens (tertiary/aromatic N) is 1. The molecule has 1 saturated heterocycles. The van der Waals surface area contributed by atoms with E-state index >= 15 is 0 Å². The third-order valence-corrected chi connectivity index (χ3v) is 5.16. The molecule has 1 aliphatic carbocycles. The Labute approximate surface area is 152 Å². The SMILES string of the molecule is CC(C)[C@H]1CC(=O)ON1C(=O)OCC1c2ccccc2-c2ccccc21. The standard InChI is InChI=1S/C21H21NO4/c1-13(2)19-11-20(23)26-22(19)21(24)25-12-18-16-9-5-3-7-14(16)15-8-4-6-10-17(15)18/h3-10,13,18-19H,11-12H2,1-2H3/t19-/m1/s1. The summed E-state index contributed by atoms with van der Waals surface area (Å²) in [5, 5.41) is 1.10. The van der Waals surface area contributed by atoms with Crippen molar-refractivity contribution in [1.82, 2.24) is 5.06 Å². The number of benzene rings is 2. The van der Waals surface area contributed by atoms with Gasteiger partial charge < -0.3 is 9.57 Å². The zero-order valence-corrected chi connectivity index (χ0v) is 14.8. The van der Waals surface area contributed by atoms with Crippen LogP contribution in [0.25, 0.3) is 11.1 Å². The Morgan fingerprint density at radius 1 is 1.12 bits per heavy atom. The molecule has 1 amide bonds. The maximum Gasteiger partial charge on any atom is 0.443 e. The van der Waals surface area contributed by atoms with E-state index in [1.165, 1.54) is 11.1 Å². The molecule has 4 rings (SSSR count). The maximum absolute atomic E-state index is 12.5. The highest BCUT2D eigenvalue weighted by molar-refractivity contribution is 5.80. The van der Waals surface area contributed by atoms with Crippen molar-refractivity contribution in [2.75, 3.05) is 6.61 Å². The molecule has 0 bridgehead atoms. The fraction of sp³-hybridized carbons (Fsp3) is 0.333. The summed E-state index contributed by atoms with van der Waals surface area (Å²) in [5.41, 5.74) is 4.66. The van der Waals surface area contributed by atoms with Crippen molar-refractivity contribution >= 4 is 12.1 Å². The van der Waals surface area contributed by atoms with E-state index in [1.807, 2.05) is 38.1 Å². The zero-order valence-electron chi connectivity index (χ0n) is 14.8. The Hall–Kier alpha value is -2.82. The first kappa shape index (κ1) is 16.6. The van der Waals surface area contributed by atoms with Crippen LogP contribution in [-0.2, 0) is 14.4 Å². The molecule has 0 unspecified atom stereocenters. The molecule has 2 aromatic carbocycles. The van der Waals surface area contributed by atoms with Gasteiger partial charge in [-0.3, -0.25) is 0 Å². The van der Waals surface area contributed by atoms with Crippen molar-refractivity contribution in [3.05, 3.63) is 59.7 Å². The number of hydroxylamine groups is 2. The minimum absolute atomic E-state index is 0.0119. The molecule has 0 aromatic heterocycles. The Morgan fingerprint density at radius 2 is 1.69 bits per heavy atom. The lowest BCUT2D eigenvalue weighted by Gasteiger charge is -2.24. The second-order valence-electron chi connectivity index (χ2n) is 7.11. The van der Waals surface area contributed by atoms with E-state index in [9.17, 15) is 9.59 Å². The smallest absolute Gasteiger partial charge is 0.443 e. The minimum Gasteiger partial charge on any atom is -0.446 e. The van der Waals surface area contributed by atoms with Gasteiger partial charge >= 0.3 is 12.1 Å². The summed E-state index contributed by atoms with van der Waals surface area (Å²) in [6, 6.07) is 16.1. The molecule has 26 heavy (non-hydrogen) atoms. The van der Waals surface area contributed by atoms with Crippen LogP contribution in [0.3, 0.4) is 0 Å². The number of ether oxygens (including phenoxy) is 1. The van der Waals surface area contributed by atoms with Gasteiger partial charge in [0.1, 0.15) is 6.61 Å². The lowest BCUT2D eigenvalue weighted by Crippen LogP contribution is -2.38. The third-order valence-electron chi connectivity index (χ3n) is 5.16. The van der Waals surface area contributed by atoms with Crippen molar-refractivity contribution in [2.24, 2.45) is 5.92 Å². The highest BCUT2D eigenvalue weighted by Crippen LogP contribution is 2.44. The molecule has 0 spiro atoms. The van der Waals surface area contributed by atoms with Crippen molar-refractivity contribution in [3.8, 4) is 11.1 Å². The highest BCUT2D eigenvalue weighted by atomic mass is 16.8. The largest absolute Gasteiger partial charge is 0.446 e. The van der Waals surface area contributed by atoms with Crippen molar-refractivity contribution in [2.45, 2.75) is 32.2 Å². The van der Waals surface area contributed by atoms with E-state index < -0.39 is 12.1 Å². The fourth-order valence-corrected chi connectivity index (χ4v) is 3.81. The van der Waals surface area contributed by atoms with Crippen LogP contribution in [0.4, 0.5) is 4.79 Å². The van der Waals surface area contributed by atoms with Gasteiger partial charge in [0, 0.05) is 5.92 Å². The Morgan fingerprint density at radius 3 is 2.27 bits per heavy atom. The number of rotatable bonds is 3. The second-order valence-corrected chi connectivity index (χ2v) is 7.11. The van der Waals surface area contributed by atoms with Gasteiger partial charge in [-0.25, -0.2) is 9.59 Å². The first-order chi connectivity index (χ1) is 12.6. The Bertz CT molecular complexity index is 815. The number of fused-ring (bicyclic) bond motifs is 3. The molecule has 0 radical (unpaired) electrons. The average Bonchev–Trinajstić information content (AvgIpc) is 3.18. The number of carbonyl (C=O) groups excluding carboxylic acids is 2. The summed E-state index contributed by atoms with van der Waals surface area (Å²) in [4.78, 5) is 29.2. The Kier molecular flexibility index (Phi) is 4.15. The third kappa shape index (κ3) is 2.73. The van der Waals surface area contributed by atoms with E-state index in [2.05, 4.69) is 24.3 Å². The highest BCUT2D eigenvalue weighted by Gasteiger charge is 2.40. The van der Waals surface area contributed by atoms with Crippen molar-refractivity contribution < 1.29 is 19.2 Å². The summed E-state index contributed by atoms with van der Waals surface area (Å²) in [7, 11) is 0. The molecule has 0 N–H and O–H groups in total. The Balaban J connectivity index is 1.53. The quantitative estimate of drug-likeness (QED) is 0.834. The summed E-state index contributed by atoms with van der Waals surface area (Å²) >= 11 is 0. The van der Waals surface area contributed by atoms with Crippen LogP contribution in [0.15, 0.2) is 48.5 Å². The molecule has 134 valence electrons. The summed E-state index contributed by atoms with van der Waals surface area (Å²) < 4.78 is 5.56. The van der Waals surface area contributed by atoms with E-state index in [-0.39, 0.29) is 30.9 Å². The monoisotopic (exact) mass is 351 g/mol. The topological polar surface area (TPSA) is 55.8 Å². The lowest BCUT2D eigenvalue weighted by molar-refractivity contribution is -0.168. The fourth-order valence-electron chi connectivity index (χ4n) is 3.81. The van der Waals surface area contributed by atoms with Crippen molar-refractivity contribution in [1.29, 1.82) is 0 Å². The van der Waals surface area contributed by atoms with Crippen LogP contribution in [-0.4, -0.2) is 29.8 Å². The summed E-state index contributed by atoms with van der Waals surface area (Å²) in [5.74, 6) is -0.290. The predicted molar refractivity (Wildman–Crippen MR) is 96.2 cm³/mol. The van der Waals surface area contributed by atoms with Gasteiger partial charge in [-0.15, -0.1) is 5.06 Å². The van der Waals surface area contributed by atoms with E-state index in [1.54, 1.807) is 0 Å². The molecule has 1 atom stereocenters. The molecule has 0 saturated carbocycles. The van der Waals surface area contributed by atoms with Gasteiger partial charge in [0.2, 0.25) is 0 Å². The first-order valence-electron chi connectivity index (χ1n) is 8.91. The maximum atomic E-state index is 12.5. The van der Waals surface area contributed by atoms with E-state index in [4.69, 9.17) is 9.57 Å². The molecule has 5 heteroatoms. The average molecular weight is 351 g/mol. The molecule has 5 nitrogen and oxygen atoms in total. The van der Waals surface area contributed by atoms with Gasteiger partial charge in [-0.2, -0.15) is 0 Å². The van der Waals surface area contributed by atoms with Crippen LogP contribution < -0.4 is 0 Å². The van der Waals surface area contributed by atoms with E-state index in [0.29, 0.717) is 0 Å². The summed E-state index contributed by atoms with van der Waals surface area (Å²) in [6.45, 7) is 4.12. The van der Waals surface area contributed by atoms with Gasteiger partial charge in [0.05, 0.1) is 12.5 Å². The van der Waals surface area contributed by atoms with Gasteiger partial charge in [-0.05, 0) is 28.2 Å². The summed E-state index contributed by atoms with van der Waals surface area (Å²) in [6.07, 6.45) is -0.390.